The Morgan fingerprint density at radius 1 is 1.00 bits per heavy atom. The van der Waals surface area contributed by atoms with Crippen LogP contribution < -0.4 is 10.3 Å². The Labute approximate surface area is 234 Å². The zero-order valence-electron chi connectivity index (χ0n) is 21.2. The molecule has 38 heavy (non-hydrogen) atoms. The van der Waals surface area contributed by atoms with Gasteiger partial charge in [0.15, 0.2) is 16.5 Å². The topological polar surface area (TPSA) is 67.6 Å². The molecule has 7 nitrogen and oxygen atoms in total. The van der Waals surface area contributed by atoms with Crippen LogP contribution in [0, 0.1) is 5.92 Å². The van der Waals surface area contributed by atoms with Gasteiger partial charge in [0.25, 0.3) is 0 Å². The number of ether oxygens (including phenoxy) is 1. The molecule has 3 aliphatic heterocycles. The van der Waals surface area contributed by atoms with Gasteiger partial charge in [-0.1, -0.05) is 98.0 Å². The number of thiophene rings is 1. The van der Waals surface area contributed by atoms with E-state index in [0.717, 1.165) is 34.2 Å². The normalized spacial score (nSPS) is 19.4. The molecular weight excluding hydrogens is 533 g/mol. The molecule has 10 heteroatoms. The first-order valence-electron chi connectivity index (χ1n) is 12.8. The van der Waals surface area contributed by atoms with Gasteiger partial charge in [-0.05, 0) is 22.6 Å². The molecule has 0 saturated carbocycles. The predicted octanol–water partition coefficient (Wildman–Crippen LogP) is 6.34. The molecule has 1 N–H and O–H groups in total. The number of hydrogen-bond acceptors (Lipinski definition) is 9. The third-order valence-corrected chi connectivity index (χ3v) is 10.4. The number of benzene rings is 2. The molecule has 0 bridgehead atoms. The summed E-state index contributed by atoms with van der Waals surface area (Å²) < 4.78 is 8.51. The maximum atomic E-state index is 6.27. The lowest BCUT2D eigenvalue weighted by Gasteiger charge is -2.33. The quantitative estimate of drug-likeness (QED) is 0.276. The zero-order chi connectivity index (χ0) is 25.6. The van der Waals surface area contributed by atoms with Crippen LogP contribution in [-0.4, -0.2) is 26.0 Å². The van der Waals surface area contributed by atoms with Crippen LogP contribution in [0.25, 0.3) is 5.00 Å². The van der Waals surface area contributed by atoms with E-state index in [1.165, 1.54) is 32.1 Å². The van der Waals surface area contributed by atoms with E-state index in [9.17, 15) is 0 Å². The van der Waals surface area contributed by atoms with Crippen LogP contribution in [0.15, 0.2) is 70.9 Å². The van der Waals surface area contributed by atoms with Crippen molar-refractivity contribution in [2.45, 2.75) is 55.8 Å². The van der Waals surface area contributed by atoms with Gasteiger partial charge in [-0.2, -0.15) is 5.10 Å². The molecule has 0 radical (unpaired) electrons. The van der Waals surface area contributed by atoms with Crippen LogP contribution in [0.3, 0.4) is 0 Å². The molecule has 7 rings (SSSR count). The van der Waals surface area contributed by atoms with Gasteiger partial charge in [0.2, 0.25) is 5.95 Å². The van der Waals surface area contributed by atoms with Gasteiger partial charge >= 0.3 is 0 Å². The fraction of sp³-hybridized carbons (Fsp3) is 0.321. The SMILES string of the molecule is CC(C)[C@@H]1Cc2c(sc3c2C2NN=C(SCc4ccccc4)N2c2nnc(SCc4ccccc4)n2-3)CO1. The highest BCUT2D eigenvalue weighted by Crippen LogP contribution is 2.50. The summed E-state index contributed by atoms with van der Waals surface area (Å²) in [6.07, 6.45) is 1.05. The number of thioether (sulfide) groups is 2. The molecule has 4 aromatic rings. The Hall–Kier alpha value is -2.79. The molecule has 0 amide bonds. The number of hydrazone groups is 1. The van der Waals surface area contributed by atoms with Gasteiger partial charge in [0.05, 0.1) is 12.7 Å². The highest BCUT2D eigenvalue weighted by Gasteiger charge is 2.45. The maximum Gasteiger partial charge on any atom is 0.241 e. The molecule has 2 atom stereocenters. The van der Waals surface area contributed by atoms with Crippen molar-refractivity contribution >= 4 is 46.0 Å². The summed E-state index contributed by atoms with van der Waals surface area (Å²) in [6.45, 7) is 5.14. The van der Waals surface area contributed by atoms with E-state index in [2.05, 4.69) is 89.4 Å². The number of anilines is 1. The van der Waals surface area contributed by atoms with Crippen molar-refractivity contribution < 1.29 is 4.74 Å². The van der Waals surface area contributed by atoms with Crippen molar-refractivity contribution in [1.82, 2.24) is 20.2 Å². The molecule has 3 aliphatic rings. The first kappa shape index (κ1) is 24.3. The van der Waals surface area contributed by atoms with Crippen LogP contribution in [-0.2, 0) is 29.3 Å². The Morgan fingerprint density at radius 2 is 1.71 bits per heavy atom. The van der Waals surface area contributed by atoms with Crippen molar-refractivity contribution in [1.29, 1.82) is 0 Å². The standard InChI is InChI=1S/C28H28N6OS3/c1-17(2)21-13-20-22(14-35-21)38-25-23(20)24-29-31-27(36-15-18-9-5-3-6-10-18)33(24)26-30-32-28(34(25)26)37-16-19-11-7-4-8-12-19/h3-12,17,21,24,29H,13-16H2,1-2H3/t21-,24?/m0/s1. The van der Waals surface area contributed by atoms with Gasteiger partial charge in [-0.3, -0.25) is 10.3 Å². The summed E-state index contributed by atoms with van der Waals surface area (Å²) in [4.78, 5) is 3.54. The van der Waals surface area contributed by atoms with E-state index in [1.807, 2.05) is 11.3 Å². The lowest BCUT2D eigenvalue weighted by molar-refractivity contribution is 0.00135. The molecule has 2 aromatic heterocycles. The van der Waals surface area contributed by atoms with Crippen molar-refractivity contribution in [2.24, 2.45) is 11.0 Å². The van der Waals surface area contributed by atoms with E-state index in [1.54, 1.807) is 23.5 Å². The number of amidine groups is 1. The summed E-state index contributed by atoms with van der Waals surface area (Å²) >= 11 is 5.27. The number of aromatic nitrogens is 3. The fourth-order valence-corrected chi connectivity index (χ4v) is 8.30. The van der Waals surface area contributed by atoms with Crippen LogP contribution >= 0.6 is 34.9 Å². The Bertz CT molecular complexity index is 1480. The summed E-state index contributed by atoms with van der Waals surface area (Å²) in [5, 5.41) is 17.3. The summed E-state index contributed by atoms with van der Waals surface area (Å²) in [7, 11) is 0. The Balaban J connectivity index is 1.27. The second-order valence-corrected chi connectivity index (χ2v) is 13.0. The smallest absolute Gasteiger partial charge is 0.241 e. The van der Waals surface area contributed by atoms with Crippen molar-refractivity contribution in [3.05, 3.63) is 87.8 Å². The van der Waals surface area contributed by atoms with Crippen molar-refractivity contribution in [3.63, 3.8) is 0 Å². The number of rotatable bonds is 6. The van der Waals surface area contributed by atoms with Gasteiger partial charge in [-0.15, -0.1) is 21.5 Å². The van der Waals surface area contributed by atoms with Gasteiger partial charge in [0, 0.05) is 28.4 Å². The summed E-state index contributed by atoms with van der Waals surface area (Å²) in [6, 6.07) is 21.1. The highest BCUT2D eigenvalue weighted by atomic mass is 32.2. The number of nitrogens with one attached hydrogen (secondary N) is 1. The number of hydrogen-bond donors (Lipinski definition) is 1. The van der Waals surface area contributed by atoms with Crippen molar-refractivity contribution in [2.75, 3.05) is 4.90 Å². The zero-order valence-corrected chi connectivity index (χ0v) is 23.7. The molecule has 0 fully saturated rings. The van der Waals surface area contributed by atoms with E-state index in [-0.39, 0.29) is 12.3 Å². The fourth-order valence-electron chi connectivity index (χ4n) is 5.14. The maximum absolute atomic E-state index is 6.27. The Morgan fingerprint density at radius 3 is 2.42 bits per heavy atom. The summed E-state index contributed by atoms with van der Waals surface area (Å²) in [5.41, 5.74) is 8.70. The molecule has 0 aliphatic carbocycles. The minimum atomic E-state index is -0.0853. The summed E-state index contributed by atoms with van der Waals surface area (Å²) in [5.74, 6) is 2.96. The van der Waals surface area contributed by atoms with E-state index in [4.69, 9.17) is 20.0 Å². The first-order valence-corrected chi connectivity index (χ1v) is 15.6. The third-order valence-electron chi connectivity index (χ3n) is 7.17. The number of nitrogens with zero attached hydrogens (tertiary/aromatic N) is 5. The van der Waals surface area contributed by atoms with Crippen LogP contribution in [0.1, 0.15) is 47.1 Å². The largest absolute Gasteiger partial charge is 0.372 e. The van der Waals surface area contributed by atoms with Crippen LogP contribution in [0.4, 0.5) is 5.95 Å². The van der Waals surface area contributed by atoms with Gasteiger partial charge < -0.3 is 4.74 Å². The first-order chi connectivity index (χ1) is 18.7. The van der Waals surface area contributed by atoms with E-state index >= 15 is 0 Å². The molecule has 0 spiro atoms. The second kappa shape index (κ2) is 10.1. The van der Waals surface area contributed by atoms with Crippen molar-refractivity contribution in [3.8, 4) is 5.00 Å². The molecule has 5 heterocycles. The average Bonchev–Trinajstić information content (AvgIpc) is 3.66. The molecular formula is C28H28N6OS3. The molecule has 2 aromatic carbocycles. The van der Waals surface area contributed by atoms with E-state index < -0.39 is 0 Å². The molecule has 194 valence electrons. The van der Waals surface area contributed by atoms with Gasteiger partial charge in [0.1, 0.15) is 5.00 Å². The average molecular weight is 561 g/mol. The third kappa shape index (κ3) is 4.23. The predicted molar refractivity (Wildman–Crippen MR) is 156 cm³/mol. The van der Waals surface area contributed by atoms with Crippen LogP contribution in [0.2, 0.25) is 0 Å². The minimum Gasteiger partial charge on any atom is -0.372 e. The van der Waals surface area contributed by atoms with Gasteiger partial charge in [-0.25, -0.2) is 4.57 Å². The lowest BCUT2D eigenvalue weighted by Crippen LogP contribution is -2.38. The van der Waals surface area contributed by atoms with Crippen LogP contribution in [0.5, 0.6) is 0 Å². The molecule has 1 unspecified atom stereocenters. The monoisotopic (exact) mass is 560 g/mol. The lowest BCUT2D eigenvalue weighted by atomic mass is 9.93. The number of fused-ring (bicyclic) bond motifs is 8. The molecule has 0 saturated heterocycles. The second-order valence-electron chi connectivity index (χ2n) is 9.98. The van der Waals surface area contributed by atoms with E-state index in [0.29, 0.717) is 12.5 Å². The Kier molecular flexibility index (Phi) is 6.43. The highest BCUT2D eigenvalue weighted by molar-refractivity contribution is 8.13. The minimum absolute atomic E-state index is 0.0853.